The molecule has 1 aliphatic carbocycles. The molecule has 1 aliphatic rings. The van der Waals surface area contributed by atoms with E-state index in [9.17, 15) is 4.79 Å². The third kappa shape index (κ3) is 1.72. The Balaban J connectivity index is 3.07. The van der Waals surface area contributed by atoms with Gasteiger partial charge in [-0.25, -0.2) is 0 Å². The Hall–Kier alpha value is -1.10. The molecule has 1 rings (SSSR count). The zero-order valence-electron chi connectivity index (χ0n) is 9.13. The Kier molecular flexibility index (Phi) is 3.10. The molecule has 0 heterocycles. The monoisotopic (exact) mass is 191 g/mol. The van der Waals surface area contributed by atoms with Crippen molar-refractivity contribution < 1.29 is 4.79 Å². The van der Waals surface area contributed by atoms with Crippen molar-refractivity contribution in [2.24, 2.45) is 11.3 Å². The molecule has 0 aromatic heterocycles. The SMILES string of the molecule is CC1=C(CC#N)C(C)(C)C(C=O)CC1. The van der Waals surface area contributed by atoms with E-state index >= 15 is 0 Å². The summed E-state index contributed by atoms with van der Waals surface area (Å²) in [5.41, 5.74) is 2.35. The van der Waals surface area contributed by atoms with E-state index in [0.29, 0.717) is 6.42 Å². The Morgan fingerprint density at radius 3 is 2.79 bits per heavy atom. The summed E-state index contributed by atoms with van der Waals surface area (Å²) in [5.74, 6) is 0.0783. The predicted molar refractivity (Wildman–Crippen MR) is 55.5 cm³/mol. The molecular formula is C12H17NO. The molecule has 0 aliphatic heterocycles. The van der Waals surface area contributed by atoms with Gasteiger partial charge in [-0.15, -0.1) is 0 Å². The largest absolute Gasteiger partial charge is 0.303 e. The Morgan fingerprint density at radius 2 is 2.29 bits per heavy atom. The van der Waals surface area contributed by atoms with Gasteiger partial charge in [0.15, 0.2) is 0 Å². The van der Waals surface area contributed by atoms with E-state index < -0.39 is 0 Å². The summed E-state index contributed by atoms with van der Waals surface area (Å²) in [6.07, 6.45) is 3.40. The van der Waals surface area contributed by atoms with Crippen LogP contribution < -0.4 is 0 Å². The van der Waals surface area contributed by atoms with Gasteiger partial charge in [0, 0.05) is 5.92 Å². The van der Waals surface area contributed by atoms with Crippen LogP contribution in [-0.4, -0.2) is 6.29 Å². The van der Waals surface area contributed by atoms with Gasteiger partial charge in [-0.05, 0) is 25.2 Å². The van der Waals surface area contributed by atoms with Crippen LogP contribution in [0.1, 0.15) is 40.0 Å². The smallest absolute Gasteiger partial charge is 0.123 e. The lowest BCUT2D eigenvalue weighted by molar-refractivity contribution is -0.114. The lowest BCUT2D eigenvalue weighted by Gasteiger charge is -2.38. The maximum absolute atomic E-state index is 10.9. The van der Waals surface area contributed by atoms with Crippen LogP contribution in [0.3, 0.4) is 0 Å². The van der Waals surface area contributed by atoms with E-state index in [-0.39, 0.29) is 11.3 Å². The number of rotatable bonds is 2. The van der Waals surface area contributed by atoms with Gasteiger partial charge in [0.2, 0.25) is 0 Å². The molecule has 0 amide bonds. The maximum Gasteiger partial charge on any atom is 0.123 e. The first-order chi connectivity index (χ1) is 6.54. The van der Waals surface area contributed by atoms with Gasteiger partial charge in [-0.1, -0.05) is 25.0 Å². The zero-order valence-corrected chi connectivity index (χ0v) is 9.13. The second kappa shape index (κ2) is 3.96. The fourth-order valence-corrected chi connectivity index (χ4v) is 2.35. The number of aldehydes is 1. The van der Waals surface area contributed by atoms with Crippen molar-refractivity contribution >= 4 is 6.29 Å². The van der Waals surface area contributed by atoms with Gasteiger partial charge in [-0.3, -0.25) is 0 Å². The minimum absolute atomic E-state index is 0.0783. The first-order valence-corrected chi connectivity index (χ1v) is 5.05. The molecule has 0 fully saturated rings. The van der Waals surface area contributed by atoms with Crippen LogP contribution in [0.2, 0.25) is 0 Å². The summed E-state index contributed by atoms with van der Waals surface area (Å²) in [5, 5.41) is 8.75. The molecule has 0 bridgehead atoms. The first-order valence-electron chi connectivity index (χ1n) is 5.05. The van der Waals surface area contributed by atoms with Crippen molar-refractivity contribution in [1.82, 2.24) is 0 Å². The van der Waals surface area contributed by atoms with Crippen LogP contribution in [0.15, 0.2) is 11.1 Å². The molecule has 0 saturated heterocycles. The molecule has 14 heavy (non-hydrogen) atoms. The second-order valence-electron chi connectivity index (χ2n) is 4.60. The highest BCUT2D eigenvalue weighted by molar-refractivity contribution is 5.57. The molecule has 0 aromatic rings. The van der Waals surface area contributed by atoms with Gasteiger partial charge in [0.25, 0.3) is 0 Å². The molecule has 0 spiro atoms. The quantitative estimate of drug-likeness (QED) is 0.497. The minimum Gasteiger partial charge on any atom is -0.303 e. The Labute approximate surface area is 85.6 Å². The van der Waals surface area contributed by atoms with Crippen LogP contribution in [0.4, 0.5) is 0 Å². The summed E-state index contributed by atoms with van der Waals surface area (Å²) in [4.78, 5) is 10.9. The van der Waals surface area contributed by atoms with E-state index in [2.05, 4.69) is 26.8 Å². The highest BCUT2D eigenvalue weighted by Crippen LogP contribution is 2.44. The highest BCUT2D eigenvalue weighted by atomic mass is 16.1. The van der Waals surface area contributed by atoms with Crippen molar-refractivity contribution in [2.75, 3.05) is 0 Å². The van der Waals surface area contributed by atoms with Gasteiger partial charge in [0.05, 0.1) is 12.5 Å². The Morgan fingerprint density at radius 1 is 1.64 bits per heavy atom. The number of hydrogen-bond donors (Lipinski definition) is 0. The van der Waals surface area contributed by atoms with Crippen LogP contribution in [0.25, 0.3) is 0 Å². The molecule has 1 atom stereocenters. The predicted octanol–water partition coefficient (Wildman–Crippen LogP) is 2.85. The lowest BCUT2D eigenvalue weighted by Crippen LogP contribution is -2.31. The average Bonchev–Trinajstić information content (AvgIpc) is 2.12. The number of nitrogens with zero attached hydrogens (tertiary/aromatic N) is 1. The standard InChI is InChI=1S/C12H17NO/c1-9-4-5-10(8-14)12(2,3)11(9)6-7-13/h8,10H,4-6H2,1-3H3. The van der Waals surface area contributed by atoms with E-state index in [0.717, 1.165) is 19.1 Å². The van der Waals surface area contributed by atoms with Crippen LogP contribution in [-0.2, 0) is 4.79 Å². The third-order valence-electron chi connectivity index (χ3n) is 3.47. The molecule has 76 valence electrons. The van der Waals surface area contributed by atoms with Gasteiger partial charge in [0.1, 0.15) is 6.29 Å². The number of hydrogen-bond acceptors (Lipinski definition) is 2. The van der Waals surface area contributed by atoms with Crippen molar-refractivity contribution in [1.29, 1.82) is 5.26 Å². The number of carbonyl (C=O) groups excluding carboxylic acids is 1. The summed E-state index contributed by atoms with van der Waals surface area (Å²) in [7, 11) is 0. The van der Waals surface area contributed by atoms with E-state index in [1.54, 1.807) is 0 Å². The summed E-state index contributed by atoms with van der Waals surface area (Å²) in [6, 6.07) is 2.19. The summed E-state index contributed by atoms with van der Waals surface area (Å²) in [6.45, 7) is 6.22. The van der Waals surface area contributed by atoms with E-state index in [1.807, 2.05) is 0 Å². The zero-order chi connectivity index (χ0) is 10.8. The summed E-state index contributed by atoms with van der Waals surface area (Å²) >= 11 is 0. The molecule has 2 heteroatoms. The number of allylic oxidation sites excluding steroid dienone is 2. The highest BCUT2D eigenvalue weighted by Gasteiger charge is 2.36. The molecule has 0 saturated carbocycles. The van der Waals surface area contributed by atoms with Crippen LogP contribution in [0.5, 0.6) is 0 Å². The van der Waals surface area contributed by atoms with Crippen molar-refractivity contribution in [2.45, 2.75) is 40.0 Å². The normalized spacial score (nSPS) is 25.7. The van der Waals surface area contributed by atoms with Crippen molar-refractivity contribution in [3.8, 4) is 6.07 Å². The van der Waals surface area contributed by atoms with Gasteiger partial charge in [-0.2, -0.15) is 5.26 Å². The molecule has 2 nitrogen and oxygen atoms in total. The van der Waals surface area contributed by atoms with E-state index in [1.165, 1.54) is 11.1 Å². The van der Waals surface area contributed by atoms with Crippen LogP contribution >= 0.6 is 0 Å². The topological polar surface area (TPSA) is 40.9 Å². The third-order valence-corrected chi connectivity index (χ3v) is 3.47. The number of carbonyl (C=O) groups is 1. The average molecular weight is 191 g/mol. The number of nitriles is 1. The molecule has 0 N–H and O–H groups in total. The van der Waals surface area contributed by atoms with Gasteiger partial charge < -0.3 is 4.79 Å². The maximum atomic E-state index is 10.9. The van der Waals surface area contributed by atoms with E-state index in [4.69, 9.17) is 5.26 Å². The van der Waals surface area contributed by atoms with Crippen molar-refractivity contribution in [3.05, 3.63) is 11.1 Å². The fraction of sp³-hybridized carbons (Fsp3) is 0.667. The van der Waals surface area contributed by atoms with Gasteiger partial charge >= 0.3 is 0 Å². The molecular weight excluding hydrogens is 174 g/mol. The first kappa shape index (κ1) is 11.0. The Bertz CT molecular complexity index is 307. The second-order valence-corrected chi connectivity index (χ2v) is 4.60. The lowest BCUT2D eigenvalue weighted by atomic mass is 9.65. The van der Waals surface area contributed by atoms with Crippen molar-refractivity contribution in [3.63, 3.8) is 0 Å². The molecule has 0 radical (unpaired) electrons. The molecule has 1 unspecified atom stereocenters. The minimum atomic E-state index is -0.125. The van der Waals surface area contributed by atoms with Crippen LogP contribution in [0, 0.1) is 22.7 Å². The summed E-state index contributed by atoms with van der Waals surface area (Å²) < 4.78 is 0. The fourth-order valence-electron chi connectivity index (χ4n) is 2.35. The molecule has 0 aromatic carbocycles.